The molecule has 26 heavy (non-hydrogen) atoms. The van der Waals surface area contributed by atoms with Crippen molar-refractivity contribution in [2.45, 2.75) is 19.4 Å². The summed E-state index contributed by atoms with van der Waals surface area (Å²) >= 11 is 0. The molecule has 1 aromatic carbocycles. The molecule has 5 heteroatoms. The van der Waals surface area contributed by atoms with Gasteiger partial charge in [-0.2, -0.15) is 5.10 Å². The molecule has 134 valence electrons. The van der Waals surface area contributed by atoms with Crippen molar-refractivity contribution in [1.29, 1.82) is 0 Å². The number of benzene rings is 1. The van der Waals surface area contributed by atoms with Crippen LogP contribution in [0.2, 0.25) is 0 Å². The second-order valence-electron chi connectivity index (χ2n) is 7.10. The highest BCUT2D eigenvalue weighted by molar-refractivity contribution is 5.31. The predicted molar refractivity (Wildman–Crippen MR) is 103 cm³/mol. The van der Waals surface area contributed by atoms with Gasteiger partial charge >= 0.3 is 0 Å². The summed E-state index contributed by atoms with van der Waals surface area (Å²) in [6, 6.07) is 14.7. The van der Waals surface area contributed by atoms with Gasteiger partial charge in [0.15, 0.2) is 0 Å². The van der Waals surface area contributed by atoms with Crippen molar-refractivity contribution >= 4 is 0 Å². The van der Waals surface area contributed by atoms with Crippen molar-refractivity contribution in [3.05, 3.63) is 77.9 Å². The number of pyridine rings is 1. The standard InChI is InChI=1S/C21H25N5/c1-16-19(14-26(24-16)20-7-9-23-10-8-20)13-25-12-18(11-22)21(15-25)17-5-3-2-4-6-17/h2-10,14,18,21H,11-13,15,22H2,1H3/t18-,21+/m1/s1. The summed E-state index contributed by atoms with van der Waals surface area (Å²) in [6.07, 6.45) is 5.73. The lowest BCUT2D eigenvalue weighted by molar-refractivity contribution is 0.316. The number of rotatable bonds is 5. The fraction of sp³-hybridized carbons (Fsp3) is 0.333. The summed E-state index contributed by atoms with van der Waals surface area (Å²) in [7, 11) is 0. The van der Waals surface area contributed by atoms with Gasteiger partial charge in [-0.25, -0.2) is 4.68 Å². The molecule has 0 bridgehead atoms. The third-order valence-electron chi connectivity index (χ3n) is 5.37. The first kappa shape index (κ1) is 16.9. The Bertz CT molecular complexity index is 843. The number of nitrogens with zero attached hydrogens (tertiary/aromatic N) is 4. The summed E-state index contributed by atoms with van der Waals surface area (Å²) in [5, 5.41) is 4.68. The first-order chi connectivity index (χ1) is 12.7. The van der Waals surface area contributed by atoms with Gasteiger partial charge in [0, 0.05) is 49.7 Å². The molecule has 0 aliphatic carbocycles. The Morgan fingerprint density at radius 3 is 2.58 bits per heavy atom. The molecule has 3 aromatic rings. The summed E-state index contributed by atoms with van der Waals surface area (Å²) in [5.41, 5.74) is 10.9. The van der Waals surface area contributed by atoms with Crippen LogP contribution in [-0.2, 0) is 6.54 Å². The molecule has 1 fully saturated rings. The largest absolute Gasteiger partial charge is 0.330 e. The molecule has 3 heterocycles. The summed E-state index contributed by atoms with van der Waals surface area (Å²) in [4.78, 5) is 6.59. The molecule has 1 saturated heterocycles. The van der Waals surface area contributed by atoms with Gasteiger partial charge in [-0.05, 0) is 37.1 Å². The van der Waals surface area contributed by atoms with E-state index in [0.717, 1.165) is 37.6 Å². The number of nitrogens with two attached hydrogens (primary N) is 1. The minimum atomic E-state index is 0.507. The zero-order chi connectivity index (χ0) is 17.9. The van der Waals surface area contributed by atoms with E-state index < -0.39 is 0 Å². The molecule has 0 spiro atoms. The quantitative estimate of drug-likeness (QED) is 0.771. The third-order valence-corrected chi connectivity index (χ3v) is 5.37. The Labute approximate surface area is 154 Å². The van der Waals surface area contributed by atoms with Gasteiger partial charge in [0.05, 0.1) is 11.4 Å². The average Bonchev–Trinajstić information content (AvgIpc) is 3.27. The Morgan fingerprint density at radius 2 is 1.85 bits per heavy atom. The van der Waals surface area contributed by atoms with Gasteiger partial charge in [-0.15, -0.1) is 0 Å². The van der Waals surface area contributed by atoms with Crippen molar-refractivity contribution in [3.8, 4) is 5.69 Å². The van der Waals surface area contributed by atoms with E-state index in [1.165, 1.54) is 11.1 Å². The fourth-order valence-electron chi connectivity index (χ4n) is 3.93. The molecular formula is C21H25N5. The molecule has 0 unspecified atom stereocenters. The van der Waals surface area contributed by atoms with Crippen LogP contribution in [0.4, 0.5) is 0 Å². The maximum atomic E-state index is 6.08. The highest BCUT2D eigenvalue weighted by Crippen LogP contribution is 2.33. The zero-order valence-corrected chi connectivity index (χ0v) is 15.1. The zero-order valence-electron chi connectivity index (χ0n) is 15.1. The molecular weight excluding hydrogens is 322 g/mol. The Kier molecular flexibility index (Phi) is 4.82. The predicted octanol–water partition coefficient (Wildman–Crippen LogP) is 2.75. The molecule has 1 aliphatic rings. The number of aryl methyl sites for hydroxylation is 1. The number of hydrogen-bond acceptors (Lipinski definition) is 4. The van der Waals surface area contributed by atoms with Crippen LogP contribution in [0.3, 0.4) is 0 Å². The summed E-state index contributed by atoms with van der Waals surface area (Å²) < 4.78 is 1.94. The second-order valence-corrected chi connectivity index (χ2v) is 7.10. The Balaban J connectivity index is 1.51. The van der Waals surface area contributed by atoms with E-state index in [1.807, 2.05) is 16.8 Å². The van der Waals surface area contributed by atoms with Gasteiger partial charge in [0.1, 0.15) is 0 Å². The maximum absolute atomic E-state index is 6.08. The van der Waals surface area contributed by atoms with Crippen molar-refractivity contribution in [3.63, 3.8) is 0 Å². The molecule has 2 N–H and O–H groups in total. The molecule has 1 aliphatic heterocycles. The SMILES string of the molecule is Cc1nn(-c2ccncc2)cc1CN1C[C@@H](CN)[C@H](c2ccccc2)C1. The normalized spacial score (nSPS) is 20.5. The first-order valence-electron chi connectivity index (χ1n) is 9.17. The highest BCUT2D eigenvalue weighted by atomic mass is 15.3. The summed E-state index contributed by atoms with van der Waals surface area (Å²) in [6.45, 7) is 5.81. The van der Waals surface area contributed by atoms with Crippen LogP contribution in [0.25, 0.3) is 5.69 Å². The van der Waals surface area contributed by atoms with E-state index in [0.29, 0.717) is 11.8 Å². The number of aromatic nitrogens is 3. The van der Waals surface area contributed by atoms with Crippen LogP contribution in [-0.4, -0.2) is 39.3 Å². The van der Waals surface area contributed by atoms with Crippen LogP contribution >= 0.6 is 0 Å². The Hall–Kier alpha value is -2.50. The van der Waals surface area contributed by atoms with Crippen LogP contribution < -0.4 is 5.73 Å². The lowest BCUT2D eigenvalue weighted by atomic mass is 9.89. The molecule has 2 atom stereocenters. The van der Waals surface area contributed by atoms with Crippen molar-refractivity contribution in [1.82, 2.24) is 19.7 Å². The number of likely N-dealkylation sites (tertiary alicyclic amines) is 1. The maximum Gasteiger partial charge on any atom is 0.0676 e. The van der Waals surface area contributed by atoms with E-state index in [4.69, 9.17) is 5.73 Å². The van der Waals surface area contributed by atoms with Crippen LogP contribution in [0.1, 0.15) is 22.7 Å². The lowest BCUT2D eigenvalue weighted by Crippen LogP contribution is -2.23. The molecule has 4 rings (SSSR count). The topological polar surface area (TPSA) is 60.0 Å². The Morgan fingerprint density at radius 1 is 1.08 bits per heavy atom. The van der Waals surface area contributed by atoms with Crippen molar-refractivity contribution in [2.24, 2.45) is 11.7 Å². The van der Waals surface area contributed by atoms with Crippen molar-refractivity contribution < 1.29 is 0 Å². The second kappa shape index (κ2) is 7.40. The average molecular weight is 347 g/mol. The van der Waals surface area contributed by atoms with E-state index in [2.05, 4.69) is 58.4 Å². The monoisotopic (exact) mass is 347 g/mol. The van der Waals surface area contributed by atoms with Gasteiger partial charge in [0.2, 0.25) is 0 Å². The highest BCUT2D eigenvalue weighted by Gasteiger charge is 2.33. The van der Waals surface area contributed by atoms with E-state index in [1.54, 1.807) is 12.4 Å². The number of hydrogen-bond donors (Lipinski definition) is 1. The minimum Gasteiger partial charge on any atom is -0.330 e. The molecule has 5 nitrogen and oxygen atoms in total. The minimum absolute atomic E-state index is 0.507. The lowest BCUT2D eigenvalue weighted by Gasteiger charge is -2.16. The molecule has 0 amide bonds. The van der Waals surface area contributed by atoms with E-state index in [9.17, 15) is 0 Å². The fourth-order valence-corrected chi connectivity index (χ4v) is 3.93. The smallest absolute Gasteiger partial charge is 0.0676 e. The third kappa shape index (κ3) is 3.41. The molecule has 0 radical (unpaired) electrons. The van der Waals surface area contributed by atoms with Gasteiger partial charge in [-0.3, -0.25) is 9.88 Å². The van der Waals surface area contributed by atoms with Crippen molar-refractivity contribution in [2.75, 3.05) is 19.6 Å². The van der Waals surface area contributed by atoms with E-state index >= 15 is 0 Å². The van der Waals surface area contributed by atoms with Crippen LogP contribution in [0.5, 0.6) is 0 Å². The first-order valence-corrected chi connectivity index (χ1v) is 9.17. The molecule has 2 aromatic heterocycles. The van der Waals surface area contributed by atoms with Crippen LogP contribution in [0, 0.1) is 12.8 Å². The van der Waals surface area contributed by atoms with E-state index in [-0.39, 0.29) is 0 Å². The van der Waals surface area contributed by atoms with Gasteiger partial charge in [-0.1, -0.05) is 30.3 Å². The summed E-state index contributed by atoms with van der Waals surface area (Å²) in [5.74, 6) is 1.02. The molecule has 0 saturated carbocycles. The van der Waals surface area contributed by atoms with Crippen LogP contribution in [0.15, 0.2) is 61.1 Å². The van der Waals surface area contributed by atoms with Gasteiger partial charge < -0.3 is 5.73 Å². The van der Waals surface area contributed by atoms with Gasteiger partial charge in [0.25, 0.3) is 0 Å².